The van der Waals surface area contributed by atoms with E-state index in [0.29, 0.717) is 11.5 Å². The van der Waals surface area contributed by atoms with Crippen LogP contribution in [0.25, 0.3) is 0 Å². The highest BCUT2D eigenvalue weighted by Crippen LogP contribution is 2.38. The van der Waals surface area contributed by atoms with Crippen molar-refractivity contribution in [2.75, 3.05) is 11.9 Å². The zero-order valence-electron chi connectivity index (χ0n) is 12.4. The van der Waals surface area contributed by atoms with Crippen LogP contribution < -0.4 is 5.32 Å². The Labute approximate surface area is 116 Å². The van der Waals surface area contributed by atoms with E-state index in [0.717, 1.165) is 18.2 Å². The molecular formula is C16H27N3. The lowest BCUT2D eigenvalue weighted by Gasteiger charge is -2.25. The lowest BCUT2D eigenvalue weighted by atomic mass is 9.89. The smallest absolute Gasteiger partial charge is 0.203 e. The number of hydrogen-bond acceptors (Lipinski definition) is 2. The van der Waals surface area contributed by atoms with Gasteiger partial charge in [0, 0.05) is 18.8 Å². The highest BCUT2D eigenvalue weighted by atomic mass is 15.2. The molecule has 3 heteroatoms. The van der Waals surface area contributed by atoms with E-state index in [4.69, 9.17) is 4.98 Å². The molecule has 0 bridgehead atoms. The quantitative estimate of drug-likeness (QED) is 0.875. The average molecular weight is 261 g/mol. The molecule has 106 valence electrons. The molecule has 2 aliphatic carbocycles. The number of nitrogens with zero attached hydrogens (tertiary/aromatic N) is 2. The molecule has 0 unspecified atom stereocenters. The fourth-order valence-corrected chi connectivity index (χ4v) is 3.81. The molecule has 2 fully saturated rings. The molecule has 3 rings (SSSR count). The number of imidazole rings is 1. The van der Waals surface area contributed by atoms with Gasteiger partial charge in [0.05, 0.1) is 5.69 Å². The number of anilines is 1. The second-order valence-corrected chi connectivity index (χ2v) is 6.92. The van der Waals surface area contributed by atoms with Crippen molar-refractivity contribution in [3.05, 3.63) is 11.9 Å². The highest BCUT2D eigenvalue weighted by Gasteiger charge is 2.29. The lowest BCUT2D eigenvalue weighted by Crippen LogP contribution is -2.24. The average Bonchev–Trinajstić information content (AvgIpc) is 3.07. The van der Waals surface area contributed by atoms with Gasteiger partial charge in [0.1, 0.15) is 0 Å². The molecule has 1 aromatic heterocycles. The fourth-order valence-electron chi connectivity index (χ4n) is 3.81. The lowest BCUT2D eigenvalue weighted by molar-refractivity contribution is 0.359. The number of nitrogens with one attached hydrogen (secondary N) is 1. The Morgan fingerprint density at radius 2 is 1.95 bits per heavy atom. The van der Waals surface area contributed by atoms with E-state index in [1.54, 1.807) is 0 Å². The molecule has 1 N–H and O–H groups in total. The molecule has 1 aromatic rings. The van der Waals surface area contributed by atoms with Gasteiger partial charge in [-0.2, -0.15) is 0 Å². The first-order valence-corrected chi connectivity index (χ1v) is 7.96. The third kappa shape index (κ3) is 2.80. The van der Waals surface area contributed by atoms with E-state index in [1.807, 2.05) is 0 Å². The van der Waals surface area contributed by atoms with E-state index in [2.05, 4.69) is 29.9 Å². The van der Waals surface area contributed by atoms with Gasteiger partial charge < -0.3 is 9.88 Å². The first-order valence-electron chi connectivity index (χ1n) is 7.96. The summed E-state index contributed by atoms with van der Waals surface area (Å²) >= 11 is 0. The monoisotopic (exact) mass is 261 g/mol. The van der Waals surface area contributed by atoms with Crippen LogP contribution in [0.2, 0.25) is 0 Å². The Morgan fingerprint density at radius 1 is 1.26 bits per heavy atom. The van der Waals surface area contributed by atoms with Crippen molar-refractivity contribution in [1.29, 1.82) is 0 Å². The van der Waals surface area contributed by atoms with Gasteiger partial charge in [0.25, 0.3) is 0 Å². The standard InChI is InChI=1S/C16H27N3/c1-13-11-19(14-7-3-4-8-14)15(18-13)17-12-16(2)9-5-6-10-16/h11,14H,3-10,12H2,1-2H3,(H,17,18). The first-order chi connectivity index (χ1) is 9.16. The topological polar surface area (TPSA) is 29.9 Å². The van der Waals surface area contributed by atoms with Crippen LogP contribution in [-0.2, 0) is 0 Å². The van der Waals surface area contributed by atoms with Gasteiger partial charge in [-0.1, -0.05) is 32.6 Å². The summed E-state index contributed by atoms with van der Waals surface area (Å²) in [7, 11) is 0. The molecule has 2 saturated carbocycles. The number of hydrogen-bond donors (Lipinski definition) is 1. The summed E-state index contributed by atoms with van der Waals surface area (Å²) in [4.78, 5) is 4.70. The fraction of sp³-hybridized carbons (Fsp3) is 0.812. The SMILES string of the molecule is Cc1cn(C2CCCC2)c(NCC2(C)CCCC2)n1. The van der Waals surface area contributed by atoms with Crippen molar-refractivity contribution in [3.63, 3.8) is 0 Å². The van der Waals surface area contributed by atoms with Gasteiger partial charge in [-0.15, -0.1) is 0 Å². The van der Waals surface area contributed by atoms with Crippen LogP contribution in [0.1, 0.15) is 70.0 Å². The van der Waals surface area contributed by atoms with Gasteiger partial charge in [0.2, 0.25) is 5.95 Å². The summed E-state index contributed by atoms with van der Waals surface area (Å²) in [6, 6.07) is 0.681. The number of aryl methyl sites for hydroxylation is 1. The molecule has 2 aliphatic rings. The van der Waals surface area contributed by atoms with Crippen molar-refractivity contribution in [3.8, 4) is 0 Å². The summed E-state index contributed by atoms with van der Waals surface area (Å²) in [6.45, 7) is 5.60. The van der Waals surface area contributed by atoms with Gasteiger partial charge in [-0.05, 0) is 38.0 Å². The van der Waals surface area contributed by atoms with Crippen LogP contribution in [0, 0.1) is 12.3 Å². The summed E-state index contributed by atoms with van der Waals surface area (Å²) < 4.78 is 2.40. The van der Waals surface area contributed by atoms with Crippen LogP contribution in [0.4, 0.5) is 5.95 Å². The zero-order chi connectivity index (χ0) is 13.3. The third-order valence-corrected chi connectivity index (χ3v) is 5.05. The molecule has 0 aromatic carbocycles. The maximum absolute atomic E-state index is 4.70. The molecule has 19 heavy (non-hydrogen) atoms. The van der Waals surface area contributed by atoms with Crippen LogP contribution in [0.5, 0.6) is 0 Å². The van der Waals surface area contributed by atoms with Crippen molar-refractivity contribution >= 4 is 5.95 Å². The van der Waals surface area contributed by atoms with Crippen molar-refractivity contribution < 1.29 is 0 Å². The second kappa shape index (κ2) is 5.18. The molecule has 0 spiro atoms. The normalized spacial score (nSPS) is 23.1. The minimum Gasteiger partial charge on any atom is -0.355 e. The Morgan fingerprint density at radius 3 is 2.63 bits per heavy atom. The van der Waals surface area contributed by atoms with E-state index < -0.39 is 0 Å². The zero-order valence-corrected chi connectivity index (χ0v) is 12.4. The minimum absolute atomic E-state index is 0.486. The molecule has 0 aliphatic heterocycles. The van der Waals surface area contributed by atoms with Crippen molar-refractivity contribution in [1.82, 2.24) is 9.55 Å². The minimum atomic E-state index is 0.486. The maximum Gasteiger partial charge on any atom is 0.203 e. The predicted octanol–water partition coefficient (Wildman–Crippen LogP) is 4.30. The molecule has 1 heterocycles. The van der Waals surface area contributed by atoms with Crippen molar-refractivity contribution in [2.24, 2.45) is 5.41 Å². The molecule has 0 radical (unpaired) electrons. The third-order valence-electron chi connectivity index (χ3n) is 5.05. The Kier molecular flexibility index (Phi) is 3.55. The second-order valence-electron chi connectivity index (χ2n) is 6.92. The van der Waals surface area contributed by atoms with Gasteiger partial charge in [0.15, 0.2) is 0 Å². The van der Waals surface area contributed by atoms with Gasteiger partial charge >= 0.3 is 0 Å². The van der Waals surface area contributed by atoms with Crippen LogP contribution >= 0.6 is 0 Å². The molecule has 0 saturated heterocycles. The van der Waals surface area contributed by atoms with E-state index in [9.17, 15) is 0 Å². The maximum atomic E-state index is 4.70. The van der Waals surface area contributed by atoms with Crippen molar-refractivity contribution in [2.45, 2.75) is 71.3 Å². The van der Waals surface area contributed by atoms with E-state index in [-0.39, 0.29) is 0 Å². The van der Waals surface area contributed by atoms with Crippen LogP contribution in [0.15, 0.2) is 6.20 Å². The highest BCUT2D eigenvalue weighted by molar-refractivity contribution is 5.30. The Hall–Kier alpha value is -0.990. The van der Waals surface area contributed by atoms with Crippen LogP contribution in [-0.4, -0.2) is 16.1 Å². The molecule has 0 atom stereocenters. The van der Waals surface area contributed by atoms with Crippen LogP contribution in [0.3, 0.4) is 0 Å². The van der Waals surface area contributed by atoms with Gasteiger partial charge in [-0.3, -0.25) is 0 Å². The largest absolute Gasteiger partial charge is 0.355 e. The summed E-state index contributed by atoms with van der Waals surface area (Å²) in [5.74, 6) is 1.11. The molecular weight excluding hydrogens is 234 g/mol. The summed E-state index contributed by atoms with van der Waals surface area (Å²) in [5.41, 5.74) is 1.63. The Balaban J connectivity index is 1.69. The predicted molar refractivity (Wildman–Crippen MR) is 79.5 cm³/mol. The first kappa shape index (κ1) is 13.0. The molecule has 0 amide bonds. The van der Waals surface area contributed by atoms with E-state index >= 15 is 0 Å². The Bertz CT molecular complexity index is 423. The van der Waals surface area contributed by atoms with E-state index in [1.165, 1.54) is 51.4 Å². The molecule has 3 nitrogen and oxygen atoms in total. The summed E-state index contributed by atoms with van der Waals surface area (Å²) in [6.07, 6.45) is 13.1. The van der Waals surface area contributed by atoms with Gasteiger partial charge in [-0.25, -0.2) is 4.98 Å². The number of aromatic nitrogens is 2. The summed E-state index contributed by atoms with van der Waals surface area (Å²) in [5, 5.41) is 3.65. The number of rotatable bonds is 4.